The van der Waals surface area contributed by atoms with Crippen molar-refractivity contribution in [2.24, 2.45) is 0 Å². The molecule has 1 aliphatic heterocycles. The van der Waals surface area contributed by atoms with Crippen LogP contribution in [0.5, 0.6) is 0 Å². The van der Waals surface area contributed by atoms with Crippen molar-refractivity contribution in [3.63, 3.8) is 0 Å². The van der Waals surface area contributed by atoms with Gasteiger partial charge in [0.2, 0.25) is 5.91 Å². The van der Waals surface area contributed by atoms with Crippen LogP contribution in [-0.2, 0) is 11.2 Å². The number of amides is 1. The van der Waals surface area contributed by atoms with Crippen LogP contribution in [0.2, 0.25) is 0 Å². The van der Waals surface area contributed by atoms with Gasteiger partial charge >= 0.3 is 0 Å². The first-order valence-corrected chi connectivity index (χ1v) is 8.42. The highest BCUT2D eigenvalue weighted by Gasteiger charge is 2.30. The standard InChI is InChI=1S/C16H14BrNOS/c1-20-12-5-2-10(3-6-12)8-14-13-9-11(17)4-7-15(13)18-16(14)19/h2-7,9,14H,8H2,1H3,(H,18,19). The molecule has 2 aromatic carbocycles. The van der Waals surface area contributed by atoms with Crippen molar-refractivity contribution in [2.75, 3.05) is 11.6 Å². The van der Waals surface area contributed by atoms with E-state index in [-0.39, 0.29) is 11.8 Å². The molecule has 1 heterocycles. The Balaban J connectivity index is 1.87. The minimum atomic E-state index is -0.0948. The first kappa shape index (κ1) is 13.7. The molecule has 0 radical (unpaired) electrons. The van der Waals surface area contributed by atoms with Crippen molar-refractivity contribution in [1.29, 1.82) is 0 Å². The maximum absolute atomic E-state index is 12.1. The van der Waals surface area contributed by atoms with Crippen LogP contribution in [0.4, 0.5) is 5.69 Å². The Bertz CT molecular complexity index is 654. The Kier molecular flexibility index (Phi) is 3.85. The second-order valence-corrected chi connectivity index (χ2v) is 6.62. The van der Waals surface area contributed by atoms with Gasteiger partial charge in [0.1, 0.15) is 0 Å². The molecule has 0 spiro atoms. The van der Waals surface area contributed by atoms with Gasteiger partial charge in [-0.3, -0.25) is 4.79 Å². The number of carbonyl (C=O) groups excluding carboxylic acids is 1. The van der Waals surface area contributed by atoms with E-state index < -0.39 is 0 Å². The van der Waals surface area contributed by atoms with E-state index in [1.54, 1.807) is 11.8 Å². The van der Waals surface area contributed by atoms with E-state index in [0.29, 0.717) is 0 Å². The monoisotopic (exact) mass is 347 g/mol. The number of anilines is 1. The van der Waals surface area contributed by atoms with Gasteiger partial charge in [-0.15, -0.1) is 11.8 Å². The first-order valence-electron chi connectivity index (χ1n) is 6.40. The molecule has 1 atom stereocenters. The number of halogens is 1. The zero-order chi connectivity index (χ0) is 14.1. The summed E-state index contributed by atoms with van der Waals surface area (Å²) in [5.74, 6) is -0.00493. The summed E-state index contributed by atoms with van der Waals surface area (Å²) in [7, 11) is 0. The number of rotatable bonds is 3. The molecule has 102 valence electrons. The third-order valence-corrected chi connectivity index (χ3v) is 4.80. The van der Waals surface area contributed by atoms with Crippen molar-refractivity contribution in [1.82, 2.24) is 0 Å². The Hall–Kier alpha value is -1.26. The van der Waals surface area contributed by atoms with Crippen molar-refractivity contribution < 1.29 is 4.79 Å². The number of hydrogen-bond acceptors (Lipinski definition) is 2. The van der Waals surface area contributed by atoms with Crippen molar-refractivity contribution in [3.8, 4) is 0 Å². The van der Waals surface area contributed by atoms with Crippen LogP contribution in [0.25, 0.3) is 0 Å². The lowest BCUT2D eigenvalue weighted by molar-refractivity contribution is -0.117. The summed E-state index contributed by atoms with van der Waals surface area (Å²) in [6, 6.07) is 14.4. The Morgan fingerprint density at radius 1 is 1.20 bits per heavy atom. The molecule has 20 heavy (non-hydrogen) atoms. The highest BCUT2D eigenvalue weighted by atomic mass is 79.9. The number of nitrogens with one attached hydrogen (secondary N) is 1. The molecular formula is C16H14BrNOS. The molecular weight excluding hydrogens is 334 g/mol. The third-order valence-electron chi connectivity index (χ3n) is 3.56. The predicted octanol–water partition coefficient (Wildman–Crippen LogP) is 4.45. The minimum Gasteiger partial charge on any atom is -0.325 e. The second-order valence-electron chi connectivity index (χ2n) is 4.83. The van der Waals surface area contributed by atoms with Gasteiger partial charge in [-0.1, -0.05) is 28.1 Å². The van der Waals surface area contributed by atoms with Crippen LogP contribution in [0, 0.1) is 0 Å². The highest BCUT2D eigenvalue weighted by Crippen LogP contribution is 2.36. The van der Waals surface area contributed by atoms with Gasteiger partial charge in [-0.25, -0.2) is 0 Å². The summed E-state index contributed by atoms with van der Waals surface area (Å²) in [4.78, 5) is 13.4. The van der Waals surface area contributed by atoms with Crippen LogP contribution in [0.3, 0.4) is 0 Å². The summed E-state index contributed by atoms with van der Waals surface area (Å²) in [5.41, 5.74) is 3.21. The molecule has 2 aromatic rings. The summed E-state index contributed by atoms with van der Waals surface area (Å²) >= 11 is 5.20. The SMILES string of the molecule is CSc1ccc(CC2C(=O)Nc3ccc(Br)cc32)cc1. The van der Waals surface area contributed by atoms with Gasteiger partial charge in [0.15, 0.2) is 0 Å². The maximum atomic E-state index is 12.1. The molecule has 0 aliphatic carbocycles. The lowest BCUT2D eigenvalue weighted by atomic mass is 9.93. The fraction of sp³-hybridized carbons (Fsp3) is 0.188. The van der Waals surface area contributed by atoms with E-state index >= 15 is 0 Å². The lowest BCUT2D eigenvalue weighted by Crippen LogP contribution is -2.14. The van der Waals surface area contributed by atoms with E-state index in [1.807, 2.05) is 18.2 Å². The van der Waals surface area contributed by atoms with E-state index in [9.17, 15) is 4.79 Å². The second kappa shape index (κ2) is 5.62. The van der Waals surface area contributed by atoms with Gasteiger partial charge < -0.3 is 5.32 Å². The molecule has 0 saturated carbocycles. The van der Waals surface area contributed by atoms with Crippen LogP contribution in [0.15, 0.2) is 51.8 Å². The molecule has 1 aliphatic rings. The molecule has 0 saturated heterocycles. The van der Waals surface area contributed by atoms with Gasteiger partial charge in [0.05, 0.1) is 5.92 Å². The van der Waals surface area contributed by atoms with E-state index in [0.717, 1.165) is 22.1 Å². The number of benzene rings is 2. The minimum absolute atomic E-state index is 0.0899. The van der Waals surface area contributed by atoms with Crippen LogP contribution in [-0.4, -0.2) is 12.2 Å². The summed E-state index contributed by atoms with van der Waals surface area (Å²) in [6.45, 7) is 0. The third kappa shape index (κ3) is 2.63. The normalized spacial score (nSPS) is 16.9. The molecule has 3 rings (SSSR count). The van der Waals surface area contributed by atoms with E-state index in [2.05, 4.69) is 51.8 Å². The van der Waals surface area contributed by atoms with E-state index in [1.165, 1.54) is 10.5 Å². The maximum Gasteiger partial charge on any atom is 0.232 e. The number of carbonyl (C=O) groups is 1. The largest absolute Gasteiger partial charge is 0.325 e. The van der Waals surface area contributed by atoms with Crippen molar-refractivity contribution >= 4 is 39.3 Å². The zero-order valence-electron chi connectivity index (χ0n) is 11.0. The van der Waals surface area contributed by atoms with Gasteiger partial charge in [-0.05, 0) is 54.1 Å². The van der Waals surface area contributed by atoms with Gasteiger partial charge in [0, 0.05) is 15.1 Å². The summed E-state index contributed by atoms with van der Waals surface area (Å²) in [6.07, 6.45) is 2.80. The lowest BCUT2D eigenvalue weighted by Gasteiger charge is -2.09. The molecule has 2 nitrogen and oxygen atoms in total. The molecule has 4 heteroatoms. The van der Waals surface area contributed by atoms with Gasteiger partial charge in [-0.2, -0.15) is 0 Å². The van der Waals surface area contributed by atoms with Crippen LogP contribution < -0.4 is 5.32 Å². The molecule has 1 amide bonds. The fourth-order valence-corrected chi connectivity index (χ4v) is 3.28. The first-order chi connectivity index (χ1) is 9.67. The molecule has 0 fully saturated rings. The quantitative estimate of drug-likeness (QED) is 0.831. The number of hydrogen-bond donors (Lipinski definition) is 1. The Morgan fingerprint density at radius 3 is 2.65 bits per heavy atom. The highest BCUT2D eigenvalue weighted by molar-refractivity contribution is 9.10. The average Bonchev–Trinajstić information content (AvgIpc) is 2.76. The fourth-order valence-electron chi connectivity index (χ4n) is 2.50. The molecule has 0 aromatic heterocycles. The topological polar surface area (TPSA) is 29.1 Å². The summed E-state index contributed by atoms with van der Waals surface area (Å²) in [5, 5.41) is 2.95. The predicted molar refractivity (Wildman–Crippen MR) is 87.4 cm³/mol. The molecule has 0 bridgehead atoms. The van der Waals surface area contributed by atoms with Crippen molar-refractivity contribution in [2.45, 2.75) is 17.2 Å². The Labute approximate surface area is 131 Å². The molecule has 1 N–H and O–H groups in total. The zero-order valence-corrected chi connectivity index (χ0v) is 13.4. The van der Waals surface area contributed by atoms with Crippen LogP contribution >= 0.6 is 27.7 Å². The van der Waals surface area contributed by atoms with Crippen LogP contribution in [0.1, 0.15) is 17.0 Å². The average molecular weight is 348 g/mol. The van der Waals surface area contributed by atoms with Crippen molar-refractivity contribution in [3.05, 3.63) is 58.1 Å². The number of fused-ring (bicyclic) bond motifs is 1. The van der Waals surface area contributed by atoms with Gasteiger partial charge in [0.25, 0.3) is 0 Å². The van der Waals surface area contributed by atoms with E-state index in [4.69, 9.17) is 0 Å². The Morgan fingerprint density at radius 2 is 1.95 bits per heavy atom. The number of thioether (sulfide) groups is 1. The molecule has 1 unspecified atom stereocenters. The smallest absolute Gasteiger partial charge is 0.232 e. The summed E-state index contributed by atoms with van der Waals surface area (Å²) < 4.78 is 1.01.